The Morgan fingerprint density at radius 1 is 1.32 bits per heavy atom. The zero-order valence-corrected chi connectivity index (χ0v) is 13.8. The third-order valence-corrected chi connectivity index (χ3v) is 4.14. The van der Waals surface area contributed by atoms with Crippen LogP contribution in [0.4, 0.5) is 0 Å². The zero-order chi connectivity index (χ0) is 15.8. The van der Waals surface area contributed by atoms with Crippen LogP contribution in [0.1, 0.15) is 10.4 Å². The summed E-state index contributed by atoms with van der Waals surface area (Å²) in [5.41, 5.74) is 1.20. The Bertz CT molecular complexity index is 551. The van der Waals surface area contributed by atoms with Crippen molar-refractivity contribution < 1.29 is 9.84 Å². The fourth-order valence-corrected chi connectivity index (χ4v) is 2.93. The molecule has 0 bridgehead atoms. The Kier molecular flexibility index (Phi) is 6.65. The van der Waals surface area contributed by atoms with Crippen molar-refractivity contribution >= 4 is 11.3 Å². The molecular weight excluding hydrogens is 294 g/mol. The van der Waals surface area contributed by atoms with Crippen LogP contribution >= 0.6 is 11.3 Å². The van der Waals surface area contributed by atoms with Crippen LogP contribution in [0.2, 0.25) is 0 Å². The monoisotopic (exact) mass is 317 g/mol. The molecular formula is C18H23NO2S. The number of aryl methyl sites for hydroxylation is 1. The van der Waals surface area contributed by atoms with Gasteiger partial charge < -0.3 is 9.84 Å². The predicted molar refractivity (Wildman–Crippen MR) is 92.5 cm³/mol. The van der Waals surface area contributed by atoms with Crippen molar-refractivity contribution in [2.24, 2.45) is 0 Å². The molecule has 1 atom stereocenters. The number of rotatable bonds is 9. The molecule has 0 aliphatic rings. The lowest BCUT2D eigenvalue weighted by atomic mass is 10.2. The van der Waals surface area contributed by atoms with E-state index in [-0.39, 0.29) is 0 Å². The highest BCUT2D eigenvalue weighted by Crippen LogP contribution is 2.14. The Labute approximate surface area is 136 Å². The average molecular weight is 317 g/mol. The molecule has 1 aromatic heterocycles. The van der Waals surface area contributed by atoms with Crippen molar-refractivity contribution in [2.45, 2.75) is 19.6 Å². The number of aliphatic hydroxyl groups is 1. The van der Waals surface area contributed by atoms with Gasteiger partial charge in [-0.05, 0) is 30.5 Å². The molecule has 1 heterocycles. The molecule has 1 aromatic carbocycles. The standard InChI is InChI=1S/C18H23NO2S/c1-3-10-19(13-18-5-4-11-22-18)12-16(20)14-21-17-8-6-15(2)7-9-17/h3-9,11,16,20H,1,10,12-14H2,2H3. The largest absolute Gasteiger partial charge is 0.491 e. The molecule has 22 heavy (non-hydrogen) atoms. The SMILES string of the molecule is C=CCN(Cc1cccs1)CC(O)COc1ccc(C)cc1. The molecule has 118 valence electrons. The zero-order valence-electron chi connectivity index (χ0n) is 12.9. The van der Waals surface area contributed by atoms with Crippen LogP contribution in [0.15, 0.2) is 54.4 Å². The van der Waals surface area contributed by atoms with E-state index in [2.05, 4.69) is 22.9 Å². The maximum absolute atomic E-state index is 10.2. The summed E-state index contributed by atoms with van der Waals surface area (Å²) in [6.07, 6.45) is 1.34. The minimum Gasteiger partial charge on any atom is -0.491 e. The highest BCUT2D eigenvalue weighted by atomic mass is 32.1. The number of thiophene rings is 1. The number of ether oxygens (including phenoxy) is 1. The van der Waals surface area contributed by atoms with E-state index in [1.807, 2.05) is 43.3 Å². The van der Waals surface area contributed by atoms with Gasteiger partial charge in [-0.3, -0.25) is 4.90 Å². The van der Waals surface area contributed by atoms with Crippen molar-refractivity contribution in [3.63, 3.8) is 0 Å². The van der Waals surface area contributed by atoms with Gasteiger partial charge in [-0.1, -0.05) is 29.8 Å². The van der Waals surface area contributed by atoms with E-state index >= 15 is 0 Å². The third-order valence-electron chi connectivity index (χ3n) is 3.28. The van der Waals surface area contributed by atoms with E-state index in [9.17, 15) is 5.11 Å². The highest BCUT2D eigenvalue weighted by molar-refractivity contribution is 7.09. The van der Waals surface area contributed by atoms with Crippen LogP contribution in [0.25, 0.3) is 0 Å². The Balaban J connectivity index is 1.81. The summed E-state index contributed by atoms with van der Waals surface area (Å²) in [6, 6.07) is 12.0. The first-order valence-electron chi connectivity index (χ1n) is 7.40. The Hall–Kier alpha value is -1.62. The lowest BCUT2D eigenvalue weighted by molar-refractivity contribution is 0.0699. The molecule has 4 heteroatoms. The predicted octanol–water partition coefficient (Wildman–Crippen LogP) is 3.48. The van der Waals surface area contributed by atoms with Crippen molar-refractivity contribution in [2.75, 3.05) is 19.7 Å². The van der Waals surface area contributed by atoms with Gasteiger partial charge in [-0.25, -0.2) is 0 Å². The van der Waals surface area contributed by atoms with Gasteiger partial charge in [-0.2, -0.15) is 0 Å². The van der Waals surface area contributed by atoms with E-state index in [0.29, 0.717) is 13.2 Å². The quantitative estimate of drug-likeness (QED) is 0.719. The van der Waals surface area contributed by atoms with Gasteiger partial charge in [-0.15, -0.1) is 17.9 Å². The summed E-state index contributed by atoms with van der Waals surface area (Å²) in [7, 11) is 0. The van der Waals surface area contributed by atoms with E-state index < -0.39 is 6.10 Å². The Morgan fingerprint density at radius 3 is 2.73 bits per heavy atom. The van der Waals surface area contributed by atoms with Crippen molar-refractivity contribution in [3.8, 4) is 5.75 Å². The van der Waals surface area contributed by atoms with Crippen LogP contribution in [-0.2, 0) is 6.54 Å². The van der Waals surface area contributed by atoms with Crippen LogP contribution in [0, 0.1) is 6.92 Å². The fraction of sp³-hybridized carbons (Fsp3) is 0.333. The van der Waals surface area contributed by atoms with Crippen LogP contribution in [0.3, 0.4) is 0 Å². The van der Waals surface area contributed by atoms with E-state index in [4.69, 9.17) is 4.74 Å². The second-order valence-electron chi connectivity index (χ2n) is 5.34. The number of hydrogen-bond acceptors (Lipinski definition) is 4. The van der Waals surface area contributed by atoms with E-state index in [0.717, 1.165) is 18.8 Å². The number of nitrogens with zero attached hydrogens (tertiary/aromatic N) is 1. The summed E-state index contributed by atoms with van der Waals surface area (Å²) in [5.74, 6) is 0.790. The Morgan fingerprint density at radius 2 is 2.09 bits per heavy atom. The lowest BCUT2D eigenvalue weighted by Gasteiger charge is -2.23. The highest BCUT2D eigenvalue weighted by Gasteiger charge is 2.12. The minimum atomic E-state index is -0.527. The molecule has 3 nitrogen and oxygen atoms in total. The first kappa shape index (κ1) is 16.7. The minimum absolute atomic E-state index is 0.293. The van der Waals surface area contributed by atoms with Gasteiger partial charge in [0.2, 0.25) is 0 Å². The maximum atomic E-state index is 10.2. The van der Waals surface area contributed by atoms with Gasteiger partial charge in [0.25, 0.3) is 0 Å². The van der Waals surface area contributed by atoms with Gasteiger partial charge in [0.15, 0.2) is 0 Å². The average Bonchev–Trinajstić information content (AvgIpc) is 3.00. The van der Waals surface area contributed by atoms with Gasteiger partial charge >= 0.3 is 0 Å². The van der Waals surface area contributed by atoms with Crippen LogP contribution < -0.4 is 4.74 Å². The molecule has 2 aromatic rings. The topological polar surface area (TPSA) is 32.7 Å². The summed E-state index contributed by atoms with van der Waals surface area (Å²) in [5, 5.41) is 12.3. The van der Waals surface area contributed by atoms with Gasteiger partial charge in [0, 0.05) is 24.5 Å². The summed E-state index contributed by atoms with van der Waals surface area (Å²) >= 11 is 1.73. The lowest BCUT2D eigenvalue weighted by Crippen LogP contribution is -2.35. The van der Waals surface area contributed by atoms with E-state index in [1.165, 1.54) is 10.4 Å². The second-order valence-corrected chi connectivity index (χ2v) is 6.37. The molecule has 0 aliphatic carbocycles. The summed E-state index contributed by atoms with van der Waals surface area (Å²) < 4.78 is 5.64. The molecule has 0 amide bonds. The first-order valence-corrected chi connectivity index (χ1v) is 8.28. The first-order chi connectivity index (χ1) is 10.7. The van der Waals surface area contributed by atoms with Crippen LogP contribution in [-0.4, -0.2) is 35.8 Å². The summed E-state index contributed by atoms with van der Waals surface area (Å²) in [4.78, 5) is 3.45. The van der Waals surface area contributed by atoms with Crippen molar-refractivity contribution in [3.05, 3.63) is 64.9 Å². The molecule has 0 saturated carbocycles. The molecule has 2 rings (SSSR count). The van der Waals surface area contributed by atoms with Crippen molar-refractivity contribution in [1.29, 1.82) is 0 Å². The van der Waals surface area contributed by atoms with Gasteiger partial charge in [0.1, 0.15) is 18.5 Å². The molecule has 1 N–H and O–H groups in total. The fourth-order valence-electron chi connectivity index (χ4n) is 2.19. The number of benzene rings is 1. The molecule has 0 saturated heterocycles. The summed E-state index contributed by atoms with van der Waals surface area (Å²) in [6.45, 7) is 8.26. The molecule has 0 spiro atoms. The second kappa shape index (κ2) is 8.73. The van der Waals surface area contributed by atoms with Crippen molar-refractivity contribution in [1.82, 2.24) is 4.90 Å². The van der Waals surface area contributed by atoms with E-state index in [1.54, 1.807) is 11.3 Å². The number of hydrogen-bond donors (Lipinski definition) is 1. The molecule has 1 unspecified atom stereocenters. The number of aliphatic hydroxyl groups excluding tert-OH is 1. The smallest absolute Gasteiger partial charge is 0.119 e. The molecule has 0 radical (unpaired) electrons. The normalized spacial score (nSPS) is 12.3. The van der Waals surface area contributed by atoms with Crippen LogP contribution in [0.5, 0.6) is 5.75 Å². The van der Waals surface area contributed by atoms with Gasteiger partial charge in [0.05, 0.1) is 0 Å². The molecule has 0 fully saturated rings. The maximum Gasteiger partial charge on any atom is 0.119 e. The molecule has 0 aliphatic heterocycles. The third kappa shape index (κ3) is 5.64.